The topological polar surface area (TPSA) is 386 Å². The van der Waals surface area contributed by atoms with Crippen molar-refractivity contribution in [2.45, 2.75) is 106 Å². The molecule has 24 nitrogen and oxygen atoms in total. The lowest BCUT2D eigenvalue weighted by Gasteiger charge is -2.49. The summed E-state index contributed by atoms with van der Waals surface area (Å²) in [5.41, 5.74) is 0. The van der Waals surface area contributed by atoms with Crippen LogP contribution in [0.15, 0.2) is 0 Å². The molecule has 48 heavy (non-hydrogen) atoms. The van der Waals surface area contributed by atoms with Crippen LogP contribution < -0.4 is 10.6 Å². The molecule has 0 spiro atoms. The van der Waals surface area contributed by atoms with Crippen molar-refractivity contribution in [3.63, 3.8) is 0 Å². The minimum Gasteiger partial charge on any atom is -0.394 e. The molecule has 0 unspecified atom stereocenters. The molecule has 26 heteroatoms. The number of hydrogen-bond acceptors (Lipinski definition) is 22. The summed E-state index contributed by atoms with van der Waals surface area (Å²) in [6.07, 6.45) is -24.4. The van der Waals surface area contributed by atoms with Crippen molar-refractivity contribution < 1.29 is 107 Å². The predicted octanol–water partition coefficient (Wildman–Crippen LogP) is -7.93. The molecule has 0 aromatic carbocycles. The highest BCUT2D eigenvalue weighted by Crippen LogP contribution is 2.49. The van der Waals surface area contributed by atoms with Gasteiger partial charge in [-0.05, 0) is 0 Å². The molecule has 3 saturated heterocycles. The molecule has 3 fully saturated rings. The van der Waals surface area contributed by atoms with Crippen molar-refractivity contribution in [3.8, 4) is 0 Å². The molecule has 0 bridgehead atoms. The fourth-order valence-corrected chi connectivity index (χ4v) is 6.23. The zero-order valence-corrected chi connectivity index (χ0v) is 27.0. The summed E-state index contributed by atoms with van der Waals surface area (Å²) in [5.74, 6) is -1.66. The lowest BCUT2D eigenvalue weighted by Crippen LogP contribution is -2.71. The Bertz CT molecular complexity index is 1070. The second-order valence-corrected chi connectivity index (χ2v) is 13.5. The third kappa shape index (κ3) is 10.8. The second kappa shape index (κ2) is 17.0. The first-order chi connectivity index (χ1) is 22.2. The normalized spacial score (nSPS) is 41.1. The Morgan fingerprint density at radius 1 is 0.625 bits per heavy atom. The van der Waals surface area contributed by atoms with E-state index in [-0.39, 0.29) is 0 Å². The monoisotopic (exact) mass is 748 g/mol. The zero-order chi connectivity index (χ0) is 36.3. The highest BCUT2D eigenvalue weighted by molar-refractivity contribution is 7.53. The summed E-state index contributed by atoms with van der Waals surface area (Å²) in [6, 6.07) is -3.43. The summed E-state index contributed by atoms with van der Waals surface area (Å²) < 4.78 is 37.3. The zero-order valence-electron chi connectivity index (χ0n) is 25.2. The van der Waals surface area contributed by atoms with Gasteiger partial charge in [0.1, 0.15) is 73.6 Å². The summed E-state index contributed by atoms with van der Waals surface area (Å²) in [6.45, 7) is -0.903. The fraction of sp³-hybridized carbons (Fsp3) is 0.909. The van der Waals surface area contributed by atoms with E-state index in [1.54, 1.807) is 0 Å². The number of aliphatic hydroxyl groups excluding tert-OH is 7. The lowest BCUT2D eigenvalue weighted by molar-refractivity contribution is -0.356. The van der Waals surface area contributed by atoms with E-state index in [0.29, 0.717) is 0 Å². The Kier molecular flexibility index (Phi) is 14.7. The minimum absolute atomic E-state index is 0.824. The highest BCUT2D eigenvalue weighted by atomic mass is 31.2. The van der Waals surface area contributed by atoms with Crippen molar-refractivity contribution in [1.82, 2.24) is 10.6 Å². The number of carbonyl (C=O) groups excluding carboxylic acids is 2. The maximum absolute atomic E-state index is 12.3. The number of rotatable bonds is 13. The second-order valence-electron chi connectivity index (χ2n) is 11.0. The smallest absolute Gasteiger partial charge is 0.394 e. The van der Waals surface area contributed by atoms with Crippen molar-refractivity contribution in [3.05, 3.63) is 0 Å². The summed E-state index contributed by atoms with van der Waals surface area (Å²) in [7, 11) is -10.1. The first-order valence-corrected chi connectivity index (χ1v) is 17.2. The van der Waals surface area contributed by atoms with Gasteiger partial charge in [-0.2, -0.15) is 33.9 Å². The van der Waals surface area contributed by atoms with Crippen molar-refractivity contribution in [1.29, 1.82) is 0 Å². The fourth-order valence-electron chi connectivity index (χ4n) is 5.30. The van der Waals surface area contributed by atoms with Crippen LogP contribution in [0.1, 0.15) is 13.8 Å². The third-order valence-electron chi connectivity index (χ3n) is 7.36. The Labute approximate surface area is 272 Å². The van der Waals surface area contributed by atoms with Gasteiger partial charge in [0.15, 0.2) is 25.0 Å². The molecule has 0 aliphatic carbocycles. The van der Waals surface area contributed by atoms with Crippen LogP contribution in [0.2, 0.25) is 0 Å². The molecule has 3 aliphatic rings. The maximum atomic E-state index is 12.3. The van der Waals surface area contributed by atoms with Crippen LogP contribution in [0.5, 0.6) is 0 Å². The number of aliphatic hydroxyl groups is 7. The van der Waals surface area contributed by atoms with Gasteiger partial charge in [0.05, 0.1) is 13.2 Å². The molecule has 15 atom stereocenters. The van der Waals surface area contributed by atoms with Crippen molar-refractivity contribution in [2.24, 2.45) is 0 Å². The van der Waals surface area contributed by atoms with Gasteiger partial charge in [0, 0.05) is 13.8 Å². The molecule has 280 valence electrons. The van der Waals surface area contributed by atoms with Gasteiger partial charge in [0.2, 0.25) is 11.8 Å². The van der Waals surface area contributed by atoms with Crippen LogP contribution >= 0.6 is 16.3 Å². The first kappa shape index (κ1) is 41.4. The van der Waals surface area contributed by atoms with E-state index in [4.69, 9.17) is 28.2 Å². The van der Waals surface area contributed by atoms with Crippen LogP contribution in [0.25, 0.3) is 0 Å². The molecule has 2 amide bonds. The summed E-state index contributed by atoms with van der Waals surface area (Å²) >= 11 is 0. The van der Waals surface area contributed by atoms with Crippen molar-refractivity contribution >= 4 is 28.2 Å². The average Bonchev–Trinajstić information content (AvgIpc) is 2.96. The molecule has 0 radical (unpaired) electrons. The maximum Gasteiger partial charge on any atom is 0.567 e. The Hall–Kier alpha value is -1.00. The number of ether oxygens (including phenoxy) is 5. The number of nitrogens with one attached hydrogen (secondary N) is 2. The molecule has 0 aromatic rings. The van der Waals surface area contributed by atoms with Gasteiger partial charge in [0.25, 0.3) is 0 Å². The summed E-state index contributed by atoms with van der Waals surface area (Å²) in [4.78, 5) is 80.9. The number of amides is 2. The van der Waals surface area contributed by atoms with Gasteiger partial charge in [-0.3, -0.25) is 9.59 Å². The molecule has 3 rings (SSSR count). The largest absolute Gasteiger partial charge is 0.567 e. The van der Waals surface area contributed by atoms with Gasteiger partial charge in [-0.1, -0.05) is 0 Å². The van der Waals surface area contributed by atoms with E-state index >= 15 is 0 Å². The third-order valence-corrected chi connectivity index (χ3v) is 8.39. The number of carbonyl (C=O) groups is 2. The minimum atomic E-state index is -5.15. The van der Waals surface area contributed by atoms with Crippen molar-refractivity contribution in [2.75, 3.05) is 19.8 Å². The Balaban J connectivity index is 2.02. The lowest BCUT2D eigenvalue weighted by atomic mass is 9.94. The van der Waals surface area contributed by atoms with Crippen LogP contribution in [-0.4, -0.2) is 189 Å². The molecular formula is C22H42N2O22P2+2. The van der Waals surface area contributed by atoms with Crippen LogP contribution in [0, 0.1) is 0 Å². The van der Waals surface area contributed by atoms with E-state index in [0.717, 1.165) is 13.8 Å². The van der Waals surface area contributed by atoms with E-state index in [1.165, 1.54) is 0 Å². The van der Waals surface area contributed by atoms with Crippen LogP contribution in [0.4, 0.5) is 0 Å². The molecule has 15 N–H and O–H groups in total. The predicted molar refractivity (Wildman–Crippen MR) is 149 cm³/mol. The van der Waals surface area contributed by atoms with E-state index in [2.05, 4.69) is 15.2 Å². The van der Waals surface area contributed by atoms with Gasteiger partial charge >= 0.3 is 16.3 Å². The standard InChI is InChI=1S/C22H40N2O22P2/c1-6(27)23-11-18(45-22-12(24-7(2)28)19(46-48(37,38)39)14(30)9(4-26)43-22)13(29)8(3-25)42-21(11)44-17-10(5-40-47(34,35)36)41-20(33)16(32)15(17)31/h8-22,25-26,29-39H,3-5H2,1-2H3/p+2/t8-,9-,10-,11-,12-,13-,14+,15-,16+,17-,18-,19-,20+,21+,22+/m1/s1. The van der Waals surface area contributed by atoms with Crippen LogP contribution in [-0.2, 0) is 42.3 Å². The Morgan fingerprint density at radius 2 is 1.08 bits per heavy atom. The van der Waals surface area contributed by atoms with Crippen LogP contribution in [0.3, 0.4) is 0 Å². The molecule has 3 heterocycles. The quantitative estimate of drug-likeness (QED) is 0.0778. The molecular weight excluding hydrogens is 706 g/mol. The highest BCUT2D eigenvalue weighted by Gasteiger charge is 2.57. The summed E-state index contributed by atoms with van der Waals surface area (Å²) in [5, 5.41) is 77.2. The average molecular weight is 749 g/mol. The molecule has 3 aliphatic heterocycles. The van der Waals surface area contributed by atoms with E-state index in [1.807, 2.05) is 0 Å². The van der Waals surface area contributed by atoms with E-state index < -0.39 is 140 Å². The van der Waals surface area contributed by atoms with Gasteiger partial charge < -0.3 is 70.1 Å². The van der Waals surface area contributed by atoms with Gasteiger partial charge in [-0.25, -0.2) is 0 Å². The SMILES string of the molecule is CC(=O)N[C@H]1[C@H](O[C@H]2[C@H](O)[C@@H](CO)O[C@@H](O[C@H]3[C@H](O)[C@H](O)[C@@H](O)O[C@@H]3CO[P+](O)(O)O)[C@@H]2NC(C)=O)O[C@H](CO)[C@H](O)[C@@H]1O[P+](O)(O)O. The van der Waals surface area contributed by atoms with E-state index in [9.17, 15) is 74.7 Å². The van der Waals surface area contributed by atoms with Gasteiger partial charge in [-0.15, -0.1) is 4.52 Å². The first-order valence-electron chi connectivity index (χ1n) is 14.1. The number of hydrogen-bond donors (Lipinski definition) is 15. The Morgan fingerprint density at radius 3 is 1.52 bits per heavy atom. The molecule has 0 aromatic heterocycles. The molecule has 0 saturated carbocycles.